The van der Waals surface area contributed by atoms with Crippen LogP contribution in [0.1, 0.15) is 12.5 Å². The fourth-order valence-corrected chi connectivity index (χ4v) is 4.48. The predicted molar refractivity (Wildman–Crippen MR) is 150 cm³/mol. The van der Waals surface area contributed by atoms with Crippen LogP contribution in [0.5, 0.6) is 0 Å². The molecule has 0 aliphatic rings. The molecule has 5 aromatic rings. The smallest absolute Gasteiger partial charge is 0.331 e. The van der Waals surface area contributed by atoms with E-state index in [0.717, 1.165) is 16.9 Å². The van der Waals surface area contributed by atoms with E-state index < -0.39 is 18.0 Å². The Morgan fingerprint density at radius 3 is 2.38 bits per heavy atom. The number of rotatable bonds is 8. The molecule has 2 heterocycles. The molecule has 2 aromatic heterocycles. The summed E-state index contributed by atoms with van der Waals surface area (Å²) >= 11 is 1.29. The molecule has 9 heteroatoms. The molecule has 0 spiro atoms. The summed E-state index contributed by atoms with van der Waals surface area (Å²) in [5.41, 5.74) is 4.38. The summed E-state index contributed by atoms with van der Waals surface area (Å²) in [5, 5.41) is 9.59. The molecule has 0 aliphatic carbocycles. The highest BCUT2D eigenvalue weighted by Gasteiger charge is 2.19. The van der Waals surface area contributed by atoms with Gasteiger partial charge in [0.1, 0.15) is 5.82 Å². The minimum absolute atomic E-state index is 0.358. The van der Waals surface area contributed by atoms with Gasteiger partial charge in [0.05, 0.1) is 17.1 Å². The van der Waals surface area contributed by atoms with E-state index in [2.05, 4.69) is 15.4 Å². The highest BCUT2D eigenvalue weighted by molar-refractivity contribution is 7.14. The van der Waals surface area contributed by atoms with E-state index in [-0.39, 0.29) is 5.82 Å². The zero-order valence-corrected chi connectivity index (χ0v) is 21.6. The molecule has 194 valence electrons. The number of carbonyl (C=O) groups excluding carboxylic acids is 2. The topological polar surface area (TPSA) is 86.1 Å². The van der Waals surface area contributed by atoms with Gasteiger partial charge in [-0.3, -0.25) is 10.1 Å². The van der Waals surface area contributed by atoms with E-state index in [1.54, 1.807) is 29.1 Å². The van der Waals surface area contributed by atoms with Crippen LogP contribution in [0.3, 0.4) is 0 Å². The fourth-order valence-electron chi connectivity index (χ4n) is 3.76. The lowest BCUT2D eigenvalue weighted by Gasteiger charge is -2.10. The predicted octanol–water partition coefficient (Wildman–Crippen LogP) is 6.39. The van der Waals surface area contributed by atoms with Crippen LogP contribution in [0.2, 0.25) is 0 Å². The number of carbonyl (C=O) groups is 2. The number of nitrogens with one attached hydrogen (secondary N) is 1. The molecule has 7 nitrogen and oxygen atoms in total. The van der Waals surface area contributed by atoms with Crippen molar-refractivity contribution < 1.29 is 18.7 Å². The first-order chi connectivity index (χ1) is 19.0. The number of hydrogen-bond donors (Lipinski definition) is 1. The third kappa shape index (κ3) is 6.34. The molecule has 3 aromatic carbocycles. The molecule has 1 N–H and O–H groups in total. The average Bonchev–Trinajstić information content (AvgIpc) is 3.61. The first kappa shape index (κ1) is 25.7. The monoisotopic (exact) mass is 538 g/mol. The van der Waals surface area contributed by atoms with Gasteiger partial charge < -0.3 is 4.74 Å². The number of anilines is 1. The largest absolute Gasteiger partial charge is 0.449 e. The van der Waals surface area contributed by atoms with Gasteiger partial charge in [-0.2, -0.15) is 5.10 Å². The first-order valence-electron chi connectivity index (χ1n) is 12.1. The second-order valence-electron chi connectivity index (χ2n) is 8.53. The van der Waals surface area contributed by atoms with E-state index in [9.17, 15) is 14.0 Å². The van der Waals surface area contributed by atoms with E-state index in [1.807, 2.05) is 66.0 Å². The summed E-state index contributed by atoms with van der Waals surface area (Å²) < 4.78 is 20.5. The lowest BCUT2D eigenvalue weighted by atomic mass is 10.1. The van der Waals surface area contributed by atoms with Crippen LogP contribution in [0.4, 0.5) is 9.52 Å². The SMILES string of the molecule is C[C@H](OC(=O)/C=C/c1cn(-c2ccccc2)nc1-c1ccc(F)cc1)C(=O)Nc1nc(-c2ccccc2)cs1. The normalized spacial score (nSPS) is 11.8. The Hall–Kier alpha value is -4.89. The summed E-state index contributed by atoms with van der Waals surface area (Å²) in [4.78, 5) is 29.6. The number of ether oxygens (including phenoxy) is 1. The van der Waals surface area contributed by atoms with E-state index in [1.165, 1.54) is 36.5 Å². The Kier molecular flexibility index (Phi) is 7.70. The number of nitrogens with zero attached hydrogens (tertiary/aromatic N) is 3. The standard InChI is InChI=1S/C30H23FN4O3S/c1-20(29(37)33-30-32-26(19-39-30)21-8-4-2-5-9-21)38-27(36)17-14-23-18-35(25-10-6-3-7-11-25)34-28(23)22-12-15-24(31)16-13-22/h2-20H,1H3,(H,32,33,37)/b17-14+/t20-/m0/s1. The summed E-state index contributed by atoms with van der Waals surface area (Å²) in [6.07, 6.45) is 3.51. The zero-order valence-electron chi connectivity index (χ0n) is 20.8. The quantitative estimate of drug-likeness (QED) is 0.183. The number of benzene rings is 3. The van der Waals surface area contributed by atoms with Crippen LogP contribution in [0, 0.1) is 5.82 Å². The maximum Gasteiger partial charge on any atom is 0.331 e. The lowest BCUT2D eigenvalue weighted by Crippen LogP contribution is -2.29. The number of esters is 1. The van der Waals surface area contributed by atoms with Gasteiger partial charge in [0, 0.05) is 34.3 Å². The van der Waals surface area contributed by atoms with Crippen LogP contribution < -0.4 is 5.32 Å². The van der Waals surface area contributed by atoms with Crippen LogP contribution >= 0.6 is 11.3 Å². The molecular weight excluding hydrogens is 515 g/mol. The van der Waals surface area contributed by atoms with Gasteiger partial charge >= 0.3 is 5.97 Å². The Labute approximate surface area is 228 Å². The average molecular weight is 539 g/mol. The van der Waals surface area contributed by atoms with E-state index in [0.29, 0.717) is 22.0 Å². The number of amides is 1. The Balaban J connectivity index is 1.27. The number of para-hydroxylation sites is 1. The summed E-state index contributed by atoms with van der Waals surface area (Å²) in [5.74, 6) is -1.54. The van der Waals surface area contributed by atoms with Crippen molar-refractivity contribution in [2.75, 3.05) is 5.32 Å². The van der Waals surface area contributed by atoms with Crippen molar-refractivity contribution >= 4 is 34.4 Å². The molecule has 1 amide bonds. The zero-order chi connectivity index (χ0) is 27.2. The van der Waals surface area contributed by atoms with E-state index in [4.69, 9.17) is 4.74 Å². The second-order valence-corrected chi connectivity index (χ2v) is 9.38. The molecule has 1 atom stereocenters. The highest BCUT2D eigenvalue weighted by Crippen LogP contribution is 2.26. The van der Waals surface area contributed by atoms with Crippen molar-refractivity contribution in [3.05, 3.63) is 114 Å². The van der Waals surface area contributed by atoms with Gasteiger partial charge in [0.25, 0.3) is 5.91 Å². The molecule has 0 radical (unpaired) electrons. The van der Waals surface area contributed by atoms with Crippen molar-refractivity contribution in [3.8, 4) is 28.2 Å². The van der Waals surface area contributed by atoms with Crippen LogP contribution in [-0.4, -0.2) is 32.7 Å². The van der Waals surface area contributed by atoms with Gasteiger partial charge in [0.2, 0.25) is 0 Å². The van der Waals surface area contributed by atoms with Crippen molar-refractivity contribution in [3.63, 3.8) is 0 Å². The Morgan fingerprint density at radius 1 is 0.974 bits per heavy atom. The van der Waals surface area contributed by atoms with Crippen LogP contribution in [0.25, 0.3) is 34.3 Å². The minimum atomic E-state index is -1.05. The maximum atomic E-state index is 13.5. The molecule has 0 saturated carbocycles. The lowest BCUT2D eigenvalue weighted by molar-refractivity contribution is -0.148. The number of hydrogen-bond acceptors (Lipinski definition) is 6. The fraction of sp³-hybridized carbons (Fsp3) is 0.0667. The molecule has 0 fully saturated rings. The highest BCUT2D eigenvalue weighted by atomic mass is 32.1. The van der Waals surface area contributed by atoms with E-state index >= 15 is 0 Å². The molecule has 0 bridgehead atoms. The molecule has 0 saturated heterocycles. The minimum Gasteiger partial charge on any atom is -0.449 e. The van der Waals surface area contributed by atoms with Crippen molar-refractivity contribution in [1.82, 2.24) is 14.8 Å². The van der Waals surface area contributed by atoms with Gasteiger partial charge in [0.15, 0.2) is 11.2 Å². The molecule has 5 rings (SSSR count). The van der Waals surface area contributed by atoms with Crippen LogP contribution in [-0.2, 0) is 14.3 Å². The van der Waals surface area contributed by atoms with Gasteiger partial charge in [-0.15, -0.1) is 11.3 Å². The second kappa shape index (κ2) is 11.7. The molecular formula is C30H23FN4O3S. The number of thiazole rings is 1. The van der Waals surface area contributed by atoms with Crippen molar-refractivity contribution in [1.29, 1.82) is 0 Å². The third-order valence-electron chi connectivity index (χ3n) is 5.75. The van der Waals surface area contributed by atoms with Gasteiger partial charge in [-0.25, -0.2) is 18.9 Å². The number of aromatic nitrogens is 3. The number of halogens is 1. The molecule has 39 heavy (non-hydrogen) atoms. The van der Waals surface area contributed by atoms with Gasteiger partial charge in [-0.05, 0) is 49.4 Å². The maximum absolute atomic E-state index is 13.5. The summed E-state index contributed by atoms with van der Waals surface area (Å²) in [6, 6.07) is 25.0. The molecule has 0 unspecified atom stereocenters. The van der Waals surface area contributed by atoms with Gasteiger partial charge in [-0.1, -0.05) is 48.5 Å². The first-order valence-corrected chi connectivity index (χ1v) is 13.0. The van der Waals surface area contributed by atoms with Crippen LogP contribution in [0.15, 0.2) is 103 Å². The molecule has 0 aliphatic heterocycles. The van der Waals surface area contributed by atoms with Crippen molar-refractivity contribution in [2.45, 2.75) is 13.0 Å². The summed E-state index contributed by atoms with van der Waals surface area (Å²) in [6.45, 7) is 1.49. The third-order valence-corrected chi connectivity index (χ3v) is 6.50. The Morgan fingerprint density at radius 2 is 1.67 bits per heavy atom. The van der Waals surface area contributed by atoms with Crippen molar-refractivity contribution in [2.24, 2.45) is 0 Å². The Bertz CT molecular complexity index is 1610. The summed E-state index contributed by atoms with van der Waals surface area (Å²) in [7, 11) is 0.